The van der Waals surface area contributed by atoms with E-state index in [9.17, 15) is 0 Å². The van der Waals surface area contributed by atoms with Gasteiger partial charge in [-0.15, -0.1) is 0 Å². The van der Waals surface area contributed by atoms with Crippen LogP contribution in [0, 0.1) is 0 Å². The van der Waals surface area contributed by atoms with Gasteiger partial charge in [0.2, 0.25) is 0 Å². The smallest absolute Gasteiger partial charge is 0.335 e. The minimum absolute atomic E-state index is 0. The summed E-state index contributed by atoms with van der Waals surface area (Å²) in [5, 5.41) is 0. The van der Waals surface area contributed by atoms with Crippen LogP contribution in [0.25, 0.3) is 0 Å². The van der Waals surface area contributed by atoms with E-state index in [0.29, 0.717) is 6.54 Å². The first kappa shape index (κ1) is 16.7. The fourth-order valence-corrected chi connectivity index (χ4v) is 3.11. The van der Waals surface area contributed by atoms with Gasteiger partial charge in [-0.2, -0.15) is 0 Å². The number of hydrogen-bond donors (Lipinski definition) is 2. The molecule has 2 unspecified atom stereocenters. The van der Waals surface area contributed by atoms with Gasteiger partial charge in [-0.25, -0.2) is 0 Å². The molecule has 14 heavy (non-hydrogen) atoms. The van der Waals surface area contributed by atoms with Crippen molar-refractivity contribution in [1.29, 1.82) is 0 Å². The monoisotopic (exact) mass is 238 g/mol. The van der Waals surface area contributed by atoms with E-state index < -0.39 is 8.56 Å². The molecule has 4 nitrogen and oxygen atoms in total. The molecule has 0 amide bonds. The quantitative estimate of drug-likeness (QED) is 0.455. The lowest BCUT2D eigenvalue weighted by Gasteiger charge is -2.28. The largest absolute Gasteiger partial charge is 0.398 e. The predicted octanol–water partition coefficient (Wildman–Crippen LogP) is -0.687. The maximum absolute atomic E-state index is 5.71. The van der Waals surface area contributed by atoms with Gasteiger partial charge in [0, 0.05) is 7.11 Å². The van der Waals surface area contributed by atoms with E-state index in [1.54, 1.807) is 7.11 Å². The average Bonchev–Trinajstić information content (AvgIpc) is 2.14. The van der Waals surface area contributed by atoms with Crippen molar-refractivity contribution in [2.75, 3.05) is 13.7 Å². The molecule has 0 saturated carbocycles. The summed E-state index contributed by atoms with van der Waals surface area (Å²) in [7, 11) is -0.348. The molecule has 88 valence electrons. The topological polar surface area (TPSA) is 70.5 Å². The van der Waals surface area contributed by atoms with Crippen molar-refractivity contribution in [3.05, 3.63) is 0 Å². The molecule has 0 spiro atoms. The maximum Gasteiger partial charge on any atom is 0.335 e. The molecular weight excluding hydrogens is 212 g/mol. The summed E-state index contributed by atoms with van der Waals surface area (Å²) in [6.45, 7) is 4.70. The van der Waals surface area contributed by atoms with Crippen molar-refractivity contribution in [1.82, 2.24) is 0 Å². The Morgan fingerprint density at radius 2 is 2.00 bits per heavy atom. The Hall–Kier alpha value is 0.274. The van der Waals surface area contributed by atoms with Gasteiger partial charge in [0.05, 0.1) is 6.23 Å². The molecule has 6 heteroatoms. The van der Waals surface area contributed by atoms with E-state index >= 15 is 0 Å². The lowest BCUT2D eigenvalue weighted by molar-refractivity contribution is 0.133. The minimum atomic E-state index is -2.03. The normalized spacial score (nSPS) is 16.9. The second-order valence-electron chi connectivity index (χ2n) is 3.29. The zero-order valence-corrected chi connectivity index (χ0v) is 9.88. The number of rotatable bonds is 7. The number of hydrogen-bond acceptors (Lipinski definition) is 4. The van der Waals surface area contributed by atoms with Crippen LogP contribution in [0.2, 0.25) is 12.6 Å². The van der Waals surface area contributed by atoms with Crippen molar-refractivity contribution in [2.45, 2.75) is 38.6 Å². The Labute approximate surface area is 92.6 Å². The standard InChI is InChI=1S/C8H22N2O2Si.H4Si/c1-4-8(10)12-13(3,11-2)7-5-6-9;/h8H,4-7,9-10H2,1-3H3;1H4. The molecule has 0 radical (unpaired) electrons. The molecule has 0 saturated heterocycles. The molecule has 0 aliphatic carbocycles. The first-order valence-electron chi connectivity index (χ1n) is 4.76. The van der Waals surface area contributed by atoms with E-state index in [-0.39, 0.29) is 17.2 Å². The van der Waals surface area contributed by atoms with Gasteiger partial charge < -0.3 is 20.3 Å². The van der Waals surface area contributed by atoms with Crippen LogP contribution in [-0.4, -0.2) is 39.4 Å². The Kier molecular flexibility index (Phi) is 10.2. The Bertz CT molecular complexity index is 141. The summed E-state index contributed by atoms with van der Waals surface area (Å²) in [4.78, 5) is 0. The minimum Gasteiger partial charge on any atom is -0.398 e. The van der Waals surface area contributed by atoms with Crippen molar-refractivity contribution in [2.24, 2.45) is 11.5 Å². The van der Waals surface area contributed by atoms with Gasteiger partial charge in [-0.3, -0.25) is 0 Å². The molecule has 0 fully saturated rings. The van der Waals surface area contributed by atoms with Crippen molar-refractivity contribution in [3.63, 3.8) is 0 Å². The zero-order chi connectivity index (χ0) is 10.3. The van der Waals surface area contributed by atoms with Gasteiger partial charge in [0.25, 0.3) is 0 Å². The summed E-state index contributed by atoms with van der Waals surface area (Å²) in [5.41, 5.74) is 11.1. The summed E-state index contributed by atoms with van der Waals surface area (Å²) in [6.07, 6.45) is 1.55. The Balaban J connectivity index is 0. The van der Waals surface area contributed by atoms with Crippen LogP contribution in [0.5, 0.6) is 0 Å². The molecule has 0 rings (SSSR count). The van der Waals surface area contributed by atoms with Gasteiger partial charge in [0.15, 0.2) is 0 Å². The highest BCUT2D eigenvalue weighted by atomic mass is 28.4. The molecule has 0 heterocycles. The Morgan fingerprint density at radius 3 is 2.36 bits per heavy atom. The highest BCUT2D eigenvalue weighted by molar-refractivity contribution is 6.66. The van der Waals surface area contributed by atoms with Gasteiger partial charge >= 0.3 is 8.56 Å². The van der Waals surface area contributed by atoms with E-state index in [1.165, 1.54) is 0 Å². The van der Waals surface area contributed by atoms with Crippen LogP contribution in [-0.2, 0) is 8.85 Å². The molecule has 2 atom stereocenters. The summed E-state index contributed by atoms with van der Waals surface area (Å²) >= 11 is 0. The SMILES string of the molecule is CCC(N)O[Si](C)(CCCN)OC.[SiH4]. The molecule has 0 aliphatic rings. The second-order valence-corrected chi connectivity index (χ2v) is 6.71. The number of nitrogens with two attached hydrogens (primary N) is 2. The first-order chi connectivity index (χ1) is 6.08. The van der Waals surface area contributed by atoms with Crippen LogP contribution < -0.4 is 11.5 Å². The highest BCUT2D eigenvalue weighted by Gasteiger charge is 2.31. The van der Waals surface area contributed by atoms with Crippen molar-refractivity contribution >= 4 is 19.5 Å². The summed E-state index contributed by atoms with van der Waals surface area (Å²) < 4.78 is 11.1. The van der Waals surface area contributed by atoms with Crippen LogP contribution in [0.4, 0.5) is 0 Å². The maximum atomic E-state index is 5.71. The molecule has 4 N–H and O–H groups in total. The van der Waals surface area contributed by atoms with Gasteiger partial charge in [0.1, 0.15) is 0 Å². The molecule has 0 aromatic heterocycles. The molecule has 0 aromatic carbocycles. The molecule has 0 bridgehead atoms. The molecule has 0 aliphatic heterocycles. The van der Waals surface area contributed by atoms with Crippen LogP contribution in [0.15, 0.2) is 0 Å². The van der Waals surface area contributed by atoms with E-state index in [4.69, 9.17) is 20.3 Å². The predicted molar refractivity (Wildman–Crippen MR) is 67.8 cm³/mol. The fourth-order valence-electron chi connectivity index (χ4n) is 1.04. The van der Waals surface area contributed by atoms with E-state index in [1.807, 2.05) is 13.5 Å². The fraction of sp³-hybridized carbons (Fsp3) is 1.00. The van der Waals surface area contributed by atoms with Gasteiger partial charge in [-0.1, -0.05) is 6.92 Å². The van der Waals surface area contributed by atoms with Crippen molar-refractivity contribution in [3.8, 4) is 0 Å². The van der Waals surface area contributed by atoms with Crippen molar-refractivity contribution < 1.29 is 8.85 Å². The first-order valence-corrected chi connectivity index (χ1v) is 7.29. The third-order valence-corrected chi connectivity index (χ3v) is 5.00. The summed E-state index contributed by atoms with van der Waals surface area (Å²) in [5.74, 6) is 0. The zero-order valence-electron chi connectivity index (χ0n) is 8.88. The van der Waals surface area contributed by atoms with Crippen LogP contribution in [0.1, 0.15) is 19.8 Å². The Morgan fingerprint density at radius 1 is 1.43 bits per heavy atom. The molecule has 0 aromatic rings. The van der Waals surface area contributed by atoms with E-state index in [2.05, 4.69) is 0 Å². The third kappa shape index (κ3) is 6.69. The molecular formula is C8H26N2O2Si2. The van der Waals surface area contributed by atoms with Gasteiger partial charge in [-0.05, 0) is 42.9 Å². The lowest BCUT2D eigenvalue weighted by atomic mass is 10.5. The highest BCUT2D eigenvalue weighted by Crippen LogP contribution is 2.16. The summed E-state index contributed by atoms with van der Waals surface area (Å²) in [6, 6.07) is 0.910. The second kappa shape index (κ2) is 8.57. The van der Waals surface area contributed by atoms with Crippen LogP contribution >= 0.6 is 0 Å². The third-order valence-electron chi connectivity index (χ3n) is 2.07. The lowest BCUT2D eigenvalue weighted by Crippen LogP contribution is -2.44. The van der Waals surface area contributed by atoms with E-state index in [0.717, 1.165) is 18.9 Å². The average molecular weight is 238 g/mol. The van der Waals surface area contributed by atoms with Crippen LogP contribution in [0.3, 0.4) is 0 Å².